The van der Waals surface area contributed by atoms with Gasteiger partial charge in [-0.3, -0.25) is 4.79 Å². The second-order valence-electron chi connectivity index (χ2n) is 6.20. The van der Waals surface area contributed by atoms with Crippen molar-refractivity contribution in [1.82, 2.24) is 4.57 Å². The molecule has 1 aromatic heterocycles. The Morgan fingerprint density at radius 2 is 1.88 bits per heavy atom. The van der Waals surface area contributed by atoms with E-state index in [0.29, 0.717) is 24.7 Å². The molecular formula is C22H19NO3. The average Bonchev–Trinajstić information content (AvgIpc) is 3.25. The topological polar surface area (TPSA) is 40.5 Å². The first-order chi connectivity index (χ1) is 12.7. The molecule has 0 amide bonds. The Kier molecular flexibility index (Phi) is 4.32. The van der Waals surface area contributed by atoms with Crippen LogP contribution in [-0.2, 0) is 13.2 Å². The number of benzene rings is 2. The van der Waals surface area contributed by atoms with E-state index in [0.717, 1.165) is 22.4 Å². The molecule has 2 aromatic carbocycles. The van der Waals surface area contributed by atoms with Crippen LogP contribution in [0.25, 0.3) is 6.08 Å². The highest BCUT2D eigenvalue weighted by molar-refractivity contribution is 6.12. The third-order valence-corrected chi connectivity index (χ3v) is 4.46. The van der Waals surface area contributed by atoms with Gasteiger partial charge in [0.05, 0.1) is 19.3 Å². The van der Waals surface area contributed by atoms with Gasteiger partial charge in [-0.25, -0.2) is 0 Å². The molecule has 0 aliphatic carbocycles. The van der Waals surface area contributed by atoms with Gasteiger partial charge < -0.3 is 14.0 Å². The maximum Gasteiger partial charge on any atom is 0.207 e. The van der Waals surface area contributed by atoms with Crippen LogP contribution in [0.15, 0.2) is 72.4 Å². The largest absolute Gasteiger partial charge is 0.493 e. The van der Waals surface area contributed by atoms with E-state index >= 15 is 0 Å². The molecule has 0 fully saturated rings. The van der Waals surface area contributed by atoms with Crippen molar-refractivity contribution in [2.24, 2.45) is 0 Å². The summed E-state index contributed by atoms with van der Waals surface area (Å²) in [4.78, 5) is 12.4. The number of hydrogen-bond donors (Lipinski definition) is 0. The van der Waals surface area contributed by atoms with Crippen molar-refractivity contribution in [3.05, 3.63) is 89.3 Å². The lowest BCUT2D eigenvalue weighted by atomic mass is 10.1. The average molecular weight is 345 g/mol. The number of carbonyl (C=O) groups excluding carboxylic acids is 1. The van der Waals surface area contributed by atoms with Crippen LogP contribution in [0.3, 0.4) is 0 Å². The van der Waals surface area contributed by atoms with Crippen molar-refractivity contribution in [2.45, 2.75) is 13.2 Å². The minimum absolute atomic E-state index is 0.0818. The van der Waals surface area contributed by atoms with Crippen LogP contribution in [0.5, 0.6) is 11.5 Å². The fraction of sp³-hybridized carbons (Fsp3) is 0.136. The summed E-state index contributed by atoms with van der Waals surface area (Å²) in [6.45, 7) is 1.08. The molecule has 0 bridgehead atoms. The smallest absolute Gasteiger partial charge is 0.207 e. The van der Waals surface area contributed by atoms with Gasteiger partial charge in [-0.2, -0.15) is 0 Å². The normalized spacial score (nSPS) is 14.5. The monoisotopic (exact) mass is 345 g/mol. The molecule has 0 atom stereocenters. The first-order valence-electron chi connectivity index (χ1n) is 8.50. The minimum Gasteiger partial charge on any atom is -0.493 e. The number of fused-ring (bicyclic) bond motifs is 1. The zero-order valence-electron chi connectivity index (χ0n) is 14.5. The van der Waals surface area contributed by atoms with Gasteiger partial charge in [-0.1, -0.05) is 36.4 Å². The molecule has 1 aliphatic rings. The maximum absolute atomic E-state index is 12.4. The van der Waals surface area contributed by atoms with Gasteiger partial charge in [0.1, 0.15) is 6.61 Å². The van der Waals surface area contributed by atoms with Crippen LogP contribution in [-0.4, -0.2) is 17.5 Å². The van der Waals surface area contributed by atoms with Gasteiger partial charge in [0.2, 0.25) is 5.78 Å². The lowest BCUT2D eigenvalue weighted by Gasteiger charge is -2.11. The van der Waals surface area contributed by atoms with E-state index < -0.39 is 0 Å². The molecule has 4 rings (SSSR count). The number of ketones is 1. The lowest BCUT2D eigenvalue weighted by Crippen LogP contribution is -1.98. The molecule has 4 nitrogen and oxygen atoms in total. The third-order valence-electron chi connectivity index (χ3n) is 4.46. The van der Waals surface area contributed by atoms with Crippen LogP contribution in [0.4, 0.5) is 0 Å². The second-order valence-corrected chi connectivity index (χ2v) is 6.20. The SMILES string of the molecule is COc1cc(/C=C2\Cn3cccc3C2=O)ccc1OCc1ccccc1. The number of ether oxygens (including phenoxy) is 2. The Morgan fingerprint density at radius 3 is 2.65 bits per heavy atom. The summed E-state index contributed by atoms with van der Waals surface area (Å²) < 4.78 is 13.3. The molecule has 26 heavy (non-hydrogen) atoms. The van der Waals surface area contributed by atoms with Crippen molar-refractivity contribution in [3.63, 3.8) is 0 Å². The van der Waals surface area contributed by atoms with E-state index in [9.17, 15) is 4.79 Å². The van der Waals surface area contributed by atoms with Gasteiger partial charge in [0.15, 0.2) is 11.5 Å². The van der Waals surface area contributed by atoms with E-state index in [1.54, 1.807) is 7.11 Å². The lowest BCUT2D eigenvalue weighted by molar-refractivity contribution is 0.103. The molecule has 1 aliphatic heterocycles. The van der Waals surface area contributed by atoms with Crippen LogP contribution >= 0.6 is 0 Å². The third kappa shape index (κ3) is 3.14. The van der Waals surface area contributed by atoms with Crippen LogP contribution in [0, 0.1) is 0 Å². The van der Waals surface area contributed by atoms with Crippen molar-refractivity contribution < 1.29 is 14.3 Å². The Labute approximate surface area is 152 Å². The standard InChI is InChI=1S/C22H19NO3/c1-25-21-13-17(12-18-14-23-11-5-8-19(23)22(18)24)9-10-20(21)26-15-16-6-3-2-4-7-16/h2-13H,14-15H2,1H3/b18-12+. The quantitative estimate of drug-likeness (QED) is 0.645. The molecule has 0 radical (unpaired) electrons. The van der Waals surface area contributed by atoms with Crippen molar-refractivity contribution >= 4 is 11.9 Å². The van der Waals surface area contributed by atoms with Crippen molar-refractivity contribution in [2.75, 3.05) is 7.11 Å². The number of hydrogen-bond acceptors (Lipinski definition) is 3. The van der Waals surface area contributed by atoms with Gasteiger partial charge >= 0.3 is 0 Å². The molecule has 4 heteroatoms. The number of nitrogens with zero attached hydrogens (tertiary/aromatic N) is 1. The van der Waals surface area contributed by atoms with E-state index in [4.69, 9.17) is 9.47 Å². The number of rotatable bonds is 5. The van der Waals surface area contributed by atoms with Gasteiger partial charge in [0, 0.05) is 11.8 Å². The van der Waals surface area contributed by atoms with Gasteiger partial charge in [-0.05, 0) is 41.5 Å². The number of Topliss-reactive ketones (excluding diaryl/α,β-unsaturated/α-hetero) is 1. The molecule has 0 N–H and O–H groups in total. The Morgan fingerprint density at radius 1 is 1.04 bits per heavy atom. The van der Waals surface area contributed by atoms with Crippen molar-refractivity contribution in [1.29, 1.82) is 0 Å². The van der Waals surface area contributed by atoms with Gasteiger partial charge in [0.25, 0.3) is 0 Å². The maximum atomic E-state index is 12.4. The zero-order valence-corrected chi connectivity index (χ0v) is 14.5. The van der Waals surface area contributed by atoms with E-state index in [1.807, 2.05) is 77.5 Å². The minimum atomic E-state index is 0.0818. The predicted molar refractivity (Wildman–Crippen MR) is 101 cm³/mol. The summed E-state index contributed by atoms with van der Waals surface area (Å²) in [7, 11) is 1.62. The van der Waals surface area contributed by atoms with Crippen molar-refractivity contribution in [3.8, 4) is 11.5 Å². The molecule has 0 unspecified atom stereocenters. The zero-order chi connectivity index (χ0) is 17.9. The summed E-state index contributed by atoms with van der Waals surface area (Å²) >= 11 is 0. The Balaban J connectivity index is 1.53. The number of allylic oxidation sites excluding steroid dienone is 1. The summed E-state index contributed by atoms with van der Waals surface area (Å²) in [6, 6.07) is 19.5. The molecule has 3 aromatic rings. The molecule has 2 heterocycles. The Hall–Kier alpha value is -3.27. The summed E-state index contributed by atoms with van der Waals surface area (Å²) in [5, 5.41) is 0. The van der Waals surface area contributed by atoms with Gasteiger partial charge in [-0.15, -0.1) is 0 Å². The number of aromatic nitrogens is 1. The first kappa shape index (κ1) is 16.2. The highest BCUT2D eigenvalue weighted by Crippen LogP contribution is 2.31. The fourth-order valence-corrected chi connectivity index (χ4v) is 3.12. The summed E-state index contributed by atoms with van der Waals surface area (Å²) in [6.07, 6.45) is 3.84. The molecule has 130 valence electrons. The van der Waals surface area contributed by atoms with Crippen LogP contribution < -0.4 is 9.47 Å². The predicted octanol–water partition coefficient (Wildman–Crippen LogP) is 4.36. The fourth-order valence-electron chi connectivity index (χ4n) is 3.12. The molecular weight excluding hydrogens is 326 g/mol. The first-order valence-corrected chi connectivity index (χ1v) is 8.50. The van der Waals surface area contributed by atoms with E-state index in [1.165, 1.54) is 0 Å². The highest BCUT2D eigenvalue weighted by atomic mass is 16.5. The number of methoxy groups -OCH3 is 1. The highest BCUT2D eigenvalue weighted by Gasteiger charge is 2.23. The summed E-state index contributed by atoms with van der Waals surface area (Å²) in [5.41, 5.74) is 3.54. The molecule has 0 saturated heterocycles. The van der Waals surface area contributed by atoms with E-state index in [2.05, 4.69) is 0 Å². The van der Waals surface area contributed by atoms with Crippen LogP contribution in [0.2, 0.25) is 0 Å². The molecule has 0 spiro atoms. The molecule has 0 saturated carbocycles. The number of carbonyl (C=O) groups is 1. The Bertz CT molecular complexity index is 970. The van der Waals surface area contributed by atoms with E-state index in [-0.39, 0.29) is 5.78 Å². The van der Waals surface area contributed by atoms with Crippen LogP contribution in [0.1, 0.15) is 21.6 Å². The second kappa shape index (κ2) is 6.92. The summed E-state index contributed by atoms with van der Waals surface area (Å²) in [5.74, 6) is 1.42.